The maximum atomic E-state index is 11.6. The molecule has 0 aliphatic carbocycles. The van der Waals surface area contributed by atoms with Crippen LogP contribution in [-0.4, -0.2) is 24.0 Å². The lowest BCUT2D eigenvalue weighted by atomic mass is 9.74. The van der Waals surface area contributed by atoms with Crippen LogP contribution in [0.1, 0.15) is 38.7 Å². The summed E-state index contributed by atoms with van der Waals surface area (Å²) in [5, 5.41) is 8.81. The lowest BCUT2D eigenvalue weighted by molar-refractivity contribution is -0.149. The van der Waals surface area contributed by atoms with Crippen LogP contribution >= 0.6 is 0 Å². The summed E-state index contributed by atoms with van der Waals surface area (Å²) in [7, 11) is 1.57. The van der Waals surface area contributed by atoms with Crippen molar-refractivity contribution in [1.82, 2.24) is 0 Å². The number of carbonyl (C=O) groups excluding carboxylic acids is 1. The summed E-state index contributed by atoms with van der Waals surface area (Å²) < 4.78 is 5.32. The molecule has 1 unspecified atom stereocenters. The average molecular weight is 264 g/mol. The normalized spacial score (nSPS) is 13.6. The van der Waals surface area contributed by atoms with Crippen LogP contribution in [0.5, 0.6) is 5.75 Å². The van der Waals surface area contributed by atoms with Gasteiger partial charge in [0, 0.05) is 17.4 Å². The molecule has 0 aliphatic heterocycles. The van der Waals surface area contributed by atoms with Gasteiger partial charge in [-0.2, -0.15) is 0 Å². The fraction of sp³-hybridized carbons (Fsp3) is 0.467. The second kappa shape index (κ2) is 6.36. The predicted molar refractivity (Wildman–Crippen MR) is 72.5 cm³/mol. The van der Waals surface area contributed by atoms with Crippen molar-refractivity contribution in [3.63, 3.8) is 0 Å². The van der Waals surface area contributed by atoms with E-state index in [0.717, 1.165) is 18.4 Å². The van der Waals surface area contributed by atoms with E-state index in [-0.39, 0.29) is 6.42 Å². The first-order chi connectivity index (χ1) is 8.94. The van der Waals surface area contributed by atoms with Gasteiger partial charge in [0.15, 0.2) is 0 Å². The van der Waals surface area contributed by atoms with Crippen LogP contribution in [0.3, 0.4) is 0 Å². The molecule has 104 valence electrons. The summed E-state index contributed by atoms with van der Waals surface area (Å²) in [5.41, 5.74) is 0.366. The Morgan fingerprint density at radius 2 is 1.95 bits per heavy atom. The summed E-state index contributed by atoms with van der Waals surface area (Å²) in [5.74, 6) is -1.45. The molecule has 0 amide bonds. The third-order valence-electron chi connectivity index (χ3n) is 3.35. The highest BCUT2D eigenvalue weighted by atomic mass is 16.5. The molecule has 0 aromatic heterocycles. The van der Waals surface area contributed by atoms with Crippen LogP contribution in [0.25, 0.3) is 0 Å². The molecule has 0 spiro atoms. The molecule has 0 heterocycles. The molecule has 0 fully saturated rings. The van der Waals surface area contributed by atoms with Crippen molar-refractivity contribution in [2.24, 2.45) is 0 Å². The lowest BCUT2D eigenvalue weighted by Gasteiger charge is -2.30. The van der Waals surface area contributed by atoms with E-state index in [4.69, 9.17) is 9.84 Å². The van der Waals surface area contributed by atoms with Gasteiger partial charge >= 0.3 is 5.97 Å². The molecule has 1 N–H and O–H groups in total. The molecule has 0 radical (unpaired) electrons. The van der Waals surface area contributed by atoms with Gasteiger partial charge < -0.3 is 9.84 Å². The highest BCUT2D eigenvalue weighted by Crippen LogP contribution is 2.38. The molecular weight excluding hydrogens is 244 g/mol. The molecule has 1 aromatic carbocycles. The predicted octanol–water partition coefficient (Wildman–Crippen LogP) is 2.80. The highest BCUT2D eigenvalue weighted by molar-refractivity contribution is 6.32. The topological polar surface area (TPSA) is 63.6 Å². The Labute approximate surface area is 113 Å². The van der Waals surface area contributed by atoms with Gasteiger partial charge in [-0.1, -0.05) is 38.5 Å². The average Bonchev–Trinajstić information content (AvgIpc) is 2.38. The van der Waals surface area contributed by atoms with E-state index in [2.05, 4.69) is 0 Å². The van der Waals surface area contributed by atoms with Crippen LogP contribution in [-0.2, 0) is 15.0 Å². The van der Waals surface area contributed by atoms with Gasteiger partial charge in [-0.15, -0.1) is 0 Å². The van der Waals surface area contributed by atoms with E-state index in [1.807, 2.05) is 38.1 Å². The number of carbonyl (C=O) groups is 2. The van der Waals surface area contributed by atoms with Crippen molar-refractivity contribution in [3.05, 3.63) is 29.8 Å². The number of carboxylic acid groups (broad SMARTS) is 1. The molecule has 0 bridgehead atoms. The molecule has 4 heteroatoms. The van der Waals surface area contributed by atoms with E-state index in [0.29, 0.717) is 5.75 Å². The van der Waals surface area contributed by atoms with Crippen molar-refractivity contribution in [2.45, 2.75) is 38.5 Å². The summed E-state index contributed by atoms with van der Waals surface area (Å²) in [6, 6.07) is 7.45. The van der Waals surface area contributed by atoms with E-state index < -0.39 is 17.2 Å². The lowest BCUT2D eigenvalue weighted by Crippen LogP contribution is -2.29. The monoisotopic (exact) mass is 264 g/mol. The number of para-hydroxylation sites is 1. The smallest absolute Gasteiger partial charge is 0.372 e. The Morgan fingerprint density at radius 1 is 1.32 bits per heavy atom. The SMILES string of the molecule is CCCC(C)(CC(=O)C(=O)O)c1ccccc1OC. The van der Waals surface area contributed by atoms with Crippen molar-refractivity contribution >= 4 is 11.8 Å². The molecule has 0 aliphatic rings. The Balaban J connectivity index is 3.17. The Hall–Kier alpha value is -1.84. The number of benzene rings is 1. The van der Waals surface area contributed by atoms with E-state index in [1.165, 1.54) is 0 Å². The standard InChI is InChI=1S/C15H20O4/c1-4-9-15(2,10-12(16)14(17)18)11-7-5-6-8-13(11)19-3/h5-8H,4,9-10H2,1-3H3,(H,17,18). The van der Waals surface area contributed by atoms with Gasteiger partial charge in [-0.25, -0.2) is 4.79 Å². The maximum Gasteiger partial charge on any atom is 0.372 e. The first-order valence-electron chi connectivity index (χ1n) is 6.34. The third kappa shape index (κ3) is 3.56. The Morgan fingerprint density at radius 3 is 2.47 bits per heavy atom. The van der Waals surface area contributed by atoms with Crippen molar-refractivity contribution in [3.8, 4) is 5.75 Å². The quantitative estimate of drug-likeness (QED) is 0.769. The highest BCUT2D eigenvalue weighted by Gasteiger charge is 2.33. The molecule has 1 rings (SSSR count). The molecular formula is C15H20O4. The first-order valence-corrected chi connectivity index (χ1v) is 6.34. The number of carboxylic acids is 1. The number of methoxy groups -OCH3 is 1. The molecule has 1 aromatic rings. The van der Waals surface area contributed by atoms with Gasteiger partial charge in [0.2, 0.25) is 5.78 Å². The van der Waals surface area contributed by atoms with Crippen LogP contribution < -0.4 is 4.74 Å². The minimum Gasteiger partial charge on any atom is -0.496 e. The van der Waals surface area contributed by atoms with Gasteiger partial charge in [0.25, 0.3) is 0 Å². The molecule has 0 saturated heterocycles. The van der Waals surface area contributed by atoms with Crippen molar-refractivity contribution in [2.75, 3.05) is 7.11 Å². The summed E-state index contributed by atoms with van der Waals surface area (Å²) >= 11 is 0. The number of hydrogen-bond donors (Lipinski definition) is 1. The second-order valence-corrected chi connectivity index (χ2v) is 4.92. The Kier molecular flexibility index (Phi) is 5.10. The van der Waals surface area contributed by atoms with Crippen LogP contribution in [0.15, 0.2) is 24.3 Å². The number of hydrogen-bond acceptors (Lipinski definition) is 3. The zero-order chi connectivity index (χ0) is 14.5. The van der Waals surface area contributed by atoms with Gasteiger partial charge in [0.1, 0.15) is 5.75 Å². The minimum absolute atomic E-state index is 0.0173. The zero-order valence-electron chi connectivity index (χ0n) is 11.6. The number of aliphatic carboxylic acids is 1. The zero-order valence-corrected chi connectivity index (χ0v) is 11.6. The third-order valence-corrected chi connectivity index (χ3v) is 3.35. The van der Waals surface area contributed by atoms with Gasteiger partial charge in [0.05, 0.1) is 7.11 Å². The van der Waals surface area contributed by atoms with Crippen LogP contribution in [0.2, 0.25) is 0 Å². The van der Waals surface area contributed by atoms with Crippen molar-refractivity contribution < 1.29 is 19.4 Å². The molecule has 19 heavy (non-hydrogen) atoms. The summed E-state index contributed by atoms with van der Waals surface area (Å²) in [6.07, 6.45) is 1.57. The van der Waals surface area contributed by atoms with Crippen LogP contribution in [0, 0.1) is 0 Å². The Bertz CT molecular complexity index is 467. The summed E-state index contributed by atoms with van der Waals surface area (Å²) in [4.78, 5) is 22.4. The first kappa shape index (κ1) is 15.2. The largest absolute Gasteiger partial charge is 0.496 e. The van der Waals surface area contributed by atoms with E-state index in [9.17, 15) is 9.59 Å². The number of ether oxygens (including phenoxy) is 1. The fourth-order valence-electron chi connectivity index (χ4n) is 2.44. The van der Waals surface area contributed by atoms with Crippen LogP contribution in [0.4, 0.5) is 0 Å². The second-order valence-electron chi connectivity index (χ2n) is 4.92. The van der Waals surface area contributed by atoms with E-state index in [1.54, 1.807) is 7.11 Å². The number of Topliss-reactive ketones (excluding diaryl/α,β-unsaturated/α-hetero) is 1. The van der Waals surface area contributed by atoms with Crippen molar-refractivity contribution in [1.29, 1.82) is 0 Å². The minimum atomic E-state index is -1.38. The number of rotatable bonds is 7. The van der Waals surface area contributed by atoms with Gasteiger partial charge in [-0.3, -0.25) is 4.79 Å². The molecule has 1 atom stereocenters. The maximum absolute atomic E-state index is 11.6. The molecule has 4 nitrogen and oxygen atoms in total. The van der Waals surface area contributed by atoms with Gasteiger partial charge in [-0.05, 0) is 12.5 Å². The number of ketones is 1. The van der Waals surface area contributed by atoms with E-state index >= 15 is 0 Å². The summed E-state index contributed by atoms with van der Waals surface area (Å²) in [6.45, 7) is 3.92. The molecule has 0 saturated carbocycles. The fourth-order valence-corrected chi connectivity index (χ4v) is 2.44.